The summed E-state index contributed by atoms with van der Waals surface area (Å²) in [4.78, 5) is 12.8. The number of carbonyl (C=O) groups is 1. The molecular weight excluding hydrogens is 422 g/mol. The molecule has 0 amide bonds. The lowest BCUT2D eigenvalue weighted by atomic mass is 9.32. The van der Waals surface area contributed by atoms with Gasteiger partial charge in [0.1, 0.15) is 0 Å². The van der Waals surface area contributed by atoms with Gasteiger partial charge < -0.3 is 10.3 Å². The zero-order chi connectivity index (χ0) is 24.9. The van der Waals surface area contributed by atoms with Crippen molar-refractivity contribution in [2.75, 3.05) is 0 Å². The third-order valence-electron chi connectivity index (χ3n) is 13.4. The summed E-state index contributed by atoms with van der Waals surface area (Å²) in [6, 6.07) is 0. The summed E-state index contributed by atoms with van der Waals surface area (Å²) in [5.74, 6) is 1.69. The Kier molecular flexibility index (Phi) is 5.27. The van der Waals surface area contributed by atoms with E-state index in [1.54, 1.807) is 0 Å². The molecule has 4 nitrogen and oxygen atoms in total. The molecule has 5 fully saturated rings. The van der Waals surface area contributed by atoms with Crippen LogP contribution in [0.15, 0.2) is 17.3 Å². The first-order valence-corrected chi connectivity index (χ1v) is 13.9. The quantitative estimate of drug-likeness (QED) is 0.249. The third kappa shape index (κ3) is 2.72. The maximum absolute atomic E-state index is 12.8. The molecule has 0 aromatic carbocycles. The van der Waals surface area contributed by atoms with Gasteiger partial charge in [0, 0.05) is 5.41 Å². The number of fused-ring (bicyclic) bond motifs is 7. The first kappa shape index (κ1) is 24.4. The smallest absolute Gasteiger partial charge is 0.309 e. The van der Waals surface area contributed by atoms with Gasteiger partial charge in [-0.2, -0.15) is 0 Å². The van der Waals surface area contributed by atoms with Gasteiger partial charge in [0.15, 0.2) is 0 Å². The van der Waals surface area contributed by atoms with E-state index >= 15 is 0 Å². The molecule has 5 aliphatic carbocycles. The number of oxime groups is 1. The van der Waals surface area contributed by atoms with E-state index in [0.717, 1.165) is 50.7 Å². The Bertz CT molecular complexity index is 937. The van der Waals surface area contributed by atoms with Crippen LogP contribution >= 0.6 is 0 Å². The molecule has 5 saturated carbocycles. The van der Waals surface area contributed by atoms with Crippen molar-refractivity contribution >= 4 is 11.7 Å². The number of rotatable bonds is 2. The van der Waals surface area contributed by atoms with Gasteiger partial charge in [0.2, 0.25) is 0 Å². The molecule has 5 aliphatic rings. The van der Waals surface area contributed by atoms with Gasteiger partial charge in [-0.15, -0.1) is 0 Å². The highest BCUT2D eigenvalue weighted by Crippen LogP contribution is 2.77. The topological polar surface area (TPSA) is 69.9 Å². The van der Waals surface area contributed by atoms with Gasteiger partial charge in [-0.05, 0) is 117 Å². The number of carboxylic acid groups (broad SMARTS) is 1. The van der Waals surface area contributed by atoms with Crippen LogP contribution < -0.4 is 0 Å². The zero-order valence-corrected chi connectivity index (χ0v) is 22.4. The average molecular weight is 470 g/mol. The van der Waals surface area contributed by atoms with Crippen LogP contribution in [0, 0.1) is 56.7 Å². The van der Waals surface area contributed by atoms with Crippen molar-refractivity contribution in [1.29, 1.82) is 0 Å². The van der Waals surface area contributed by atoms with E-state index in [0.29, 0.717) is 23.7 Å². The molecule has 5 rings (SSSR count). The minimum absolute atomic E-state index is 0.0671. The van der Waals surface area contributed by atoms with Crippen molar-refractivity contribution in [2.24, 2.45) is 61.8 Å². The SMILES string of the molecule is C=C(C)[C@@H]1CCC2(C(=O)O)CC[C@]3(C)C(CCC4[C@@]5(C)CC/C(=N\O)C(C)(C)C5CC[C@]43C)C12. The van der Waals surface area contributed by atoms with Crippen LogP contribution in [0.2, 0.25) is 0 Å². The molecule has 0 saturated heterocycles. The van der Waals surface area contributed by atoms with Gasteiger partial charge in [0.05, 0.1) is 11.1 Å². The Balaban J connectivity index is 1.56. The van der Waals surface area contributed by atoms with Crippen molar-refractivity contribution < 1.29 is 15.1 Å². The van der Waals surface area contributed by atoms with Crippen LogP contribution in [0.3, 0.4) is 0 Å². The fourth-order valence-electron chi connectivity index (χ4n) is 11.5. The van der Waals surface area contributed by atoms with Gasteiger partial charge in [-0.1, -0.05) is 51.9 Å². The molecule has 0 aromatic heterocycles. The van der Waals surface area contributed by atoms with Gasteiger partial charge in [-0.25, -0.2) is 0 Å². The van der Waals surface area contributed by atoms with Crippen molar-refractivity contribution in [1.82, 2.24) is 0 Å². The van der Waals surface area contributed by atoms with Gasteiger partial charge in [0.25, 0.3) is 0 Å². The maximum Gasteiger partial charge on any atom is 0.309 e. The Morgan fingerprint density at radius 2 is 1.62 bits per heavy atom. The number of hydrogen-bond acceptors (Lipinski definition) is 3. The summed E-state index contributed by atoms with van der Waals surface area (Å²) >= 11 is 0. The van der Waals surface area contributed by atoms with Crippen LogP contribution in [-0.4, -0.2) is 22.0 Å². The number of aliphatic carboxylic acids is 1. The zero-order valence-electron chi connectivity index (χ0n) is 22.4. The molecule has 0 spiro atoms. The maximum atomic E-state index is 12.8. The summed E-state index contributed by atoms with van der Waals surface area (Å²) in [6.07, 6.45) is 10.5. The molecule has 2 N–H and O–H groups in total. The minimum atomic E-state index is -0.545. The number of carboxylic acids is 1. The van der Waals surface area contributed by atoms with Crippen LogP contribution in [0.5, 0.6) is 0 Å². The molecule has 9 atom stereocenters. The molecule has 5 unspecified atom stereocenters. The summed E-state index contributed by atoms with van der Waals surface area (Å²) in [5.41, 5.74) is 2.20. The number of nitrogens with zero attached hydrogens (tertiary/aromatic N) is 1. The first-order chi connectivity index (χ1) is 15.8. The van der Waals surface area contributed by atoms with Gasteiger partial charge >= 0.3 is 5.97 Å². The Hall–Kier alpha value is -1.32. The number of allylic oxidation sites excluding steroid dienone is 1. The number of hydrogen-bond donors (Lipinski definition) is 2. The fourth-order valence-corrected chi connectivity index (χ4v) is 11.5. The van der Waals surface area contributed by atoms with E-state index in [9.17, 15) is 15.1 Å². The van der Waals surface area contributed by atoms with E-state index in [4.69, 9.17) is 0 Å². The lowest BCUT2D eigenvalue weighted by Crippen LogP contribution is -2.66. The molecule has 34 heavy (non-hydrogen) atoms. The molecule has 0 aromatic rings. The molecule has 0 heterocycles. The van der Waals surface area contributed by atoms with E-state index < -0.39 is 11.4 Å². The molecule has 0 bridgehead atoms. The van der Waals surface area contributed by atoms with E-state index in [2.05, 4.69) is 53.3 Å². The molecule has 0 aliphatic heterocycles. The Morgan fingerprint density at radius 1 is 0.912 bits per heavy atom. The lowest BCUT2D eigenvalue weighted by molar-refractivity contribution is -0.230. The van der Waals surface area contributed by atoms with Crippen LogP contribution in [-0.2, 0) is 4.79 Å². The second-order valence-electron chi connectivity index (χ2n) is 14.4. The average Bonchev–Trinajstić information content (AvgIpc) is 3.15. The fraction of sp³-hybridized carbons (Fsp3) is 0.867. The van der Waals surface area contributed by atoms with Crippen LogP contribution in [0.4, 0.5) is 0 Å². The lowest BCUT2D eigenvalue weighted by Gasteiger charge is -2.72. The van der Waals surface area contributed by atoms with E-state index in [-0.39, 0.29) is 27.6 Å². The second-order valence-corrected chi connectivity index (χ2v) is 14.4. The minimum Gasteiger partial charge on any atom is -0.481 e. The predicted octanol–water partition coefficient (Wildman–Crippen LogP) is 7.56. The molecular formula is C30H47NO3. The highest BCUT2D eigenvalue weighted by atomic mass is 16.4. The Labute approximate surface area is 206 Å². The molecule has 4 heteroatoms. The monoisotopic (exact) mass is 469 g/mol. The highest BCUT2D eigenvalue weighted by molar-refractivity contribution is 5.90. The predicted molar refractivity (Wildman–Crippen MR) is 136 cm³/mol. The first-order valence-electron chi connectivity index (χ1n) is 13.9. The second kappa shape index (κ2) is 7.35. The normalized spacial score (nSPS) is 52.8. The summed E-state index contributed by atoms with van der Waals surface area (Å²) < 4.78 is 0. The molecule has 0 radical (unpaired) electrons. The van der Waals surface area contributed by atoms with Gasteiger partial charge in [-0.3, -0.25) is 4.79 Å². The van der Waals surface area contributed by atoms with Crippen LogP contribution in [0.25, 0.3) is 0 Å². The van der Waals surface area contributed by atoms with Crippen LogP contribution in [0.1, 0.15) is 106 Å². The van der Waals surface area contributed by atoms with Crippen molar-refractivity contribution in [3.8, 4) is 0 Å². The largest absolute Gasteiger partial charge is 0.481 e. The summed E-state index contributed by atoms with van der Waals surface area (Å²) in [7, 11) is 0. The molecule has 190 valence electrons. The van der Waals surface area contributed by atoms with E-state index in [1.165, 1.54) is 24.8 Å². The van der Waals surface area contributed by atoms with Crippen molar-refractivity contribution in [3.63, 3.8) is 0 Å². The summed E-state index contributed by atoms with van der Waals surface area (Å²) in [5, 5.41) is 24.0. The van der Waals surface area contributed by atoms with Crippen molar-refractivity contribution in [3.05, 3.63) is 12.2 Å². The summed E-state index contributed by atoms with van der Waals surface area (Å²) in [6.45, 7) is 18.8. The Morgan fingerprint density at radius 3 is 2.24 bits per heavy atom. The van der Waals surface area contributed by atoms with E-state index in [1.807, 2.05) is 0 Å². The standard InChI is InChI=1S/C30H47NO3/c1-18(2)19-10-15-30(25(32)33)17-16-28(6)20(24(19)30)8-9-22-27(5)13-12-23(31-34)26(3,4)21(27)11-14-29(22,28)7/h19-22,24,34H,1,8-17H2,2-7H3,(H,32,33)/b31-23+/t19-,20?,21?,22?,24?,27-,28+,29+,30?/m0/s1. The third-order valence-corrected chi connectivity index (χ3v) is 13.4. The highest BCUT2D eigenvalue weighted by Gasteiger charge is 2.71. The van der Waals surface area contributed by atoms with Crippen molar-refractivity contribution in [2.45, 2.75) is 106 Å².